The Morgan fingerprint density at radius 3 is 2.84 bits per heavy atom. The van der Waals surface area contributed by atoms with Gasteiger partial charge in [-0.25, -0.2) is 4.98 Å². The summed E-state index contributed by atoms with van der Waals surface area (Å²) in [6, 6.07) is 8.27. The van der Waals surface area contributed by atoms with Gasteiger partial charge in [0.15, 0.2) is 5.13 Å². The Morgan fingerprint density at radius 2 is 2.12 bits per heavy atom. The van der Waals surface area contributed by atoms with Gasteiger partial charge in [-0.1, -0.05) is 28.0 Å². The largest absolute Gasteiger partial charge is 0.351 e. The summed E-state index contributed by atoms with van der Waals surface area (Å²) in [5.41, 5.74) is 1.78. The number of nitrogens with one attached hydrogen (secondary N) is 1. The van der Waals surface area contributed by atoms with Crippen molar-refractivity contribution in [2.45, 2.75) is 19.8 Å². The minimum Gasteiger partial charge on any atom is -0.351 e. The number of amides is 1. The van der Waals surface area contributed by atoms with Gasteiger partial charge in [-0.05, 0) is 49.3 Å². The van der Waals surface area contributed by atoms with Crippen molar-refractivity contribution in [3.63, 3.8) is 0 Å². The van der Waals surface area contributed by atoms with E-state index in [4.69, 9.17) is 4.98 Å². The van der Waals surface area contributed by atoms with E-state index in [2.05, 4.69) is 38.0 Å². The van der Waals surface area contributed by atoms with Crippen LogP contribution in [0.3, 0.4) is 0 Å². The van der Waals surface area contributed by atoms with E-state index in [0.29, 0.717) is 23.0 Å². The Kier molecular flexibility index (Phi) is 4.63. The number of fused-ring (bicyclic) bond motifs is 1. The molecule has 3 aromatic rings. The molecule has 1 fully saturated rings. The van der Waals surface area contributed by atoms with Crippen molar-refractivity contribution in [3.8, 4) is 0 Å². The van der Waals surface area contributed by atoms with Gasteiger partial charge in [0.1, 0.15) is 4.88 Å². The van der Waals surface area contributed by atoms with Gasteiger partial charge in [0.25, 0.3) is 5.91 Å². The second-order valence-electron chi connectivity index (χ2n) is 6.29. The van der Waals surface area contributed by atoms with Crippen LogP contribution in [0, 0.1) is 12.8 Å². The molecule has 8 heteroatoms. The van der Waals surface area contributed by atoms with Crippen LogP contribution in [0.1, 0.15) is 28.2 Å². The smallest absolute Gasteiger partial charge is 0.264 e. The number of hydrogen-bond acceptors (Lipinski definition) is 7. The standard InChI is InChI=1S/C17H19N5OS2/c1-11-15(25-21-20-11)16(23)18-10-12-6-8-22(9-7-12)17-19-13-4-2-3-5-14(13)24-17/h2-5,12H,6-10H2,1H3,(H,18,23). The van der Waals surface area contributed by atoms with Crippen LogP contribution in [0.25, 0.3) is 10.2 Å². The molecule has 1 aromatic carbocycles. The second-order valence-corrected chi connectivity index (χ2v) is 8.06. The lowest BCUT2D eigenvalue weighted by molar-refractivity contribution is 0.0948. The number of anilines is 1. The molecule has 0 atom stereocenters. The first-order valence-corrected chi connectivity index (χ1v) is 9.97. The fraction of sp³-hybridized carbons (Fsp3) is 0.412. The van der Waals surface area contributed by atoms with E-state index in [1.165, 1.54) is 4.70 Å². The maximum atomic E-state index is 12.2. The summed E-state index contributed by atoms with van der Waals surface area (Å²) < 4.78 is 5.05. The predicted octanol–water partition coefficient (Wildman–Crippen LogP) is 3.10. The Labute approximate surface area is 154 Å². The zero-order valence-corrected chi connectivity index (χ0v) is 15.6. The van der Waals surface area contributed by atoms with Crippen LogP contribution in [0.5, 0.6) is 0 Å². The van der Waals surface area contributed by atoms with Gasteiger partial charge in [0.05, 0.1) is 15.9 Å². The van der Waals surface area contributed by atoms with Crippen LogP contribution < -0.4 is 10.2 Å². The minimum absolute atomic E-state index is 0.0545. The molecular formula is C17H19N5OS2. The molecule has 1 amide bonds. The van der Waals surface area contributed by atoms with Gasteiger partial charge < -0.3 is 10.2 Å². The van der Waals surface area contributed by atoms with Gasteiger partial charge >= 0.3 is 0 Å². The van der Waals surface area contributed by atoms with Crippen LogP contribution in [-0.2, 0) is 0 Å². The number of para-hydroxylation sites is 1. The molecule has 1 aliphatic rings. The number of rotatable bonds is 4. The molecule has 3 heterocycles. The number of piperidine rings is 1. The van der Waals surface area contributed by atoms with Crippen molar-refractivity contribution in [1.29, 1.82) is 0 Å². The van der Waals surface area contributed by atoms with Crippen molar-refractivity contribution in [3.05, 3.63) is 34.8 Å². The average molecular weight is 374 g/mol. The first kappa shape index (κ1) is 16.4. The molecule has 25 heavy (non-hydrogen) atoms. The fourth-order valence-electron chi connectivity index (χ4n) is 3.08. The third-order valence-corrected chi connectivity index (χ3v) is 6.50. The molecule has 1 N–H and O–H groups in total. The Balaban J connectivity index is 1.31. The van der Waals surface area contributed by atoms with Crippen molar-refractivity contribution in [2.75, 3.05) is 24.5 Å². The molecule has 0 unspecified atom stereocenters. The lowest BCUT2D eigenvalue weighted by Crippen LogP contribution is -2.38. The molecule has 0 saturated carbocycles. The zero-order chi connectivity index (χ0) is 17.2. The lowest BCUT2D eigenvalue weighted by Gasteiger charge is -2.31. The Hall–Kier alpha value is -2.06. The number of carbonyl (C=O) groups is 1. The van der Waals surface area contributed by atoms with Crippen molar-refractivity contribution < 1.29 is 4.79 Å². The van der Waals surface area contributed by atoms with E-state index in [0.717, 1.165) is 48.1 Å². The van der Waals surface area contributed by atoms with E-state index >= 15 is 0 Å². The zero-order valence-electron chi connectivity index (χ0n) is 13.9. The predicted molar refractivity (Wildman–Crippen MR) is 102 cm³/mol. The highest BCUT2D eigenvalue weighted by Crippen LogP contribution is 2.31. The number of nitrogens with zero attached hydrogens (tertiary/aromatic N) is 4. The highest BCUT2D eigenvalue weighted by atomic mass is 32.1. The van der Waals surface area contributed by atoms with E-state index < -0.39 is 0 Å². The minimum atomic E-state index is -0.0545. The summed E-state index contributed by atoms with van der Waals surface area (Å²) in [5.74, 6) is 0.455. The Morgan fingerprint density at radius 1 is 1.32 bits per heavy atom. The molecule has 1 saturated heterocycles. The molecule has 130 valence electrons. The summed E-state index contributed by atoms with van der Waals surface area (Å²) in [5, 5.41) is 8.03. The maximum Gasteiger partial charge on any atom is 0.264 e. The number of thiazole rings is 1. The SMILES string of the molecule is Cc1nnsc1C(=O)NCC1CCN(c2nc3ccccc3s2)CC1. The van der Waals surface area contributed by atoms with E-state index in [9.17, 15) is 4.79 Å². The van der Waals surface area contributed by atoms with Gasteiger partial charge in [0, 0.05) is 19.6 Å². The summed E-state index contributed by atoms with van der Waals surface area (Å²) in [7, 11) is 0. The van der Waals surface area contributed by atoms with Crippen LogP contribution in [0.4, 0.5) is 5.13 Å². The number of aromatic nitrogens is 3. The topological polar surface area (TPSA) is 71.0 Å². The quantitative estimate of drug-likeness (QED) is 0.761. The van der Waals surface area contributed by atoms with Gasteiger partial charge in [-0.15, -0.1) is 5.10 Å². The molecule has 2 aromatic heterocycles. The lowest BCUT2D eigenvalue weighted by atomic mass is 9.97. The monoisotopic (exact) mass is 373 g/mol. The second kappa shape index (κ2) is 7.05. The highest BCUT2D eigenvalue weighted by molar-refractivity contribution is 7.22. The van der Waals surface area contributed by atoms with E-state index in [1.54, 1.807) is 11.3 Å². The molecule has 1 aliphatic heterocycles. The first-order valence-electron chi connectivity index (χ1n) is 8.38. The van der Waals surface area contributed by atoms with E-state index in [-0.39, 0.29) is 5.91 Å². The number of hydrogen-bond donors (Lipinski definition) is 1. The first-order chi connectivity index (χ1) is 12.2. The van der Waals surface area contributed by atoms with Crippen LogP contribution in [-0.4, -0.2) is 40.1 Å². The Bertz CT molecular complexity index is 849. The highest BCUT2D eigenvalue weighted by Gasteiger charge is 2.22. The normalized spacial score (nSPS) is 15.6. The summed E-state index contributed by atoms with van der Waals surface area (Å²) >= 11 is 2.91. The fourth-order valence-corrected chi connectivity index (χ4v) is 4.67. The third kappa shape index (κ3) is 3.50. The molecule has 0 aliphatic carbocycles. The number of carbonyl (C=O) groups excluding carboxylic acids is 1. The van der Waals surface area contributed by atoms with Crippen molar-refractivity contribution in [2.24, 2.45) is 5.92 Å². The van der Waals surface area contributed by atoms with Crippen LogP contribution >= 0.6 is 22.9 Å². The summed E-state index contributed by atoms with van der Waals surface area (Å²) in [4.78, 5) is 19.9. The molecule has 4 rings (SSSR count). The molecule has 0 radical (unpaired) electrons. The van der Waals surface area contributed by atoms with Crippen molar-refractivity contribution >= 4 is 44.1 Å². The van der Waals surface area contributed by atoms with E-state index in [1.807, 2.05) is 13.0 Å². The van der Waals surface area contributed by atoms with Gasteiger partial charge in [-0.3, -0.25) is 4.79 Å². The van der Waals surface area contributed by atoms with Gasteiger partial charge in [-0.2, -0.15) is 0 Å². The average Bonchev–Trinajstić information content (AvgIpc) is 3.26. The molecule has 0 spiro atoms. The molecule has 6 nitrogen and oxygen atoms in total. The molecule has 0 bridgehead atoms. The summed E-state index contributed by atoms with van der Waals surface area (Å²) in [6.07, 6.45) is 2.13. The van der Waals surface area contributed by atoms with Crippen LogP contribution in [0.2, 0.25) is 0 Å². The third-order valence-electron chi connectivity index (χ3n) is 4.58. The number of aryl methyl sites for hydroxylation is 1. The van der Waals surface area contributed by atoms with Gasteiger partial charge in [0.2, 0.25) is 0 Å². The van der Waals surface area contributed by atoms with Crippen molar-refractivity contribution in [1.82, 2.24) is 19.9 Å². The summed E-state index contributed by atoms with van der Waals surface area (Å²) in [6.45, 7) is 4.50. The van der Waals surface area contributed by atoms with Crippen LogP contribution in [0.15, 0.2) is 24.3 Å². The molecular weight excluding hydrogens is 354 g/mol. The number of benzene rings is 1. The maximum absolute atomic E-state index is 12.2.